The molecule has 0 saturated carbocycles. The standard InChI is InChI=1S/C18H20N2O4/c1-18(2,3)24-17(22)20-9-8-12-15(20)13-10-11(23-5)6-7-14(13)19(4)16(12)21/h6-10H,1-5H3. The number of benzene rings is 1. The summed E-state index contributed by atoms with van der Waals surface area (Å²) in [4.78, 5) is 25.1. The number of fused-ring (bicyclic) bond motifs is 3. The van der Waals surface area contributed by atoms with E-state index in [0.29, 0.717) is 16.7 Å². The van der Waals surface area contributed by atoms with Crippen LogP contribution < -0.4 is 10.3 Å². The zero-order valence-corrected chi connectivity index (χ0v) is 14.4. The monoisotopic (exact) mass is 328 g/mol. The van der Waals surface area contributed by atoms with Crippen molar-refractivity contribution < 1.29 is 14.3 Å². The fraction of sp³-hybridized carbons (Fsp3) is 0.333. The first-order chi connectivity index (χ1) is 11.2. The van der Waals surface area contributed by atoms with Gasteiger partial charge in [-0.25, -0.2) is 4.79 Å². The van der Waals surface area contributed by atoms with Gasteiger partial charge in [0.05, 0.1) is 23.5 Å². The minimum absolute atomic E-state index is 0.162. The van der Waals surface area contributed by atoms with Crippen LogP contribution in [0.15, 0.2) is 35.3 Å². The predicted molar refractivity (Wildman–Crippen MR) is 92.9 cm³/mol. The number of ether oxygens (including phenoxy) is 2. The molecule has 3 rings (SSSR count). The highest BCUT2D eigenvalue weighted by atomic mass is 16.6. The Balaban J connectivity index is 2.37. The Labute approximate surface area is 139 Å². The third-order valence-corrected chi connectivity index (χ3v) is 3.83. The molecule has 0 unspecified atom stereocenters. The summed E-state index contributed by atoms with van der Waals surface area (Å²) in [5.41, 5.74) is 0.462. The van der Waals surface area contributed by atoms with Gasteiger partial charge in [-0.1, -0.05) is 0 Å². The second kappa shape index (κ2) is 5.40. The van der Waals surface area contributed by atoms with E-state index in [2.05, 4.69) is 0 Å². The summed E-state index contributed by atoms with van der Waals surface area (Å²) in [5.74, 6) is 0.652. The number of aryl methyl sites for hydroxylation is 1. The average molecular weight is 328 g/mol. The Kier molecular flexibility index (Phi) is 3.63. The molecule has 24 heavy (non-hydrogen) atoms. The summed E-state index contributed by atoms with van der Waals surface area (Å²) < 4.78 is 13.7. The molecule has 0 atom stereocenters. The molecule has 126 valence electrons. The summed E-state index contributed by atoms with van der Waals surface area (Å²) in [7, 11) is 3.29. The Morgan fingerprint density at radius 3 is 2.46 bits per heavy atom. The van der Waals surface area contributed by atoms with Crippen molar-refractivity contribution in [1.82, 2.24) is 9.13 Å². The molecular formula is C18H20N2O4. The number of rotatable bonds is 1. The van der Waals surface area contributed by atoms with Crippen LogP contribution in [0, 0.1) is 0 Å². The molecule has 0 N–H and O–H groups in total. The predicted octanol–water partition coefficient (Wildman–Crippen LogP) is 3.29. The molecule has 0 aliphatic rings. The summed E-state index contributed by atoms with van der Waals surface area (Å²) in [5, 5.41) is 1.21. The molecular weight excluding hydrogens is 308 g/mol. The molecule has 0 aliphatic heterocycles. The quantitative estimate of drug-likeness (QED) is 0.688. The third-order valence-electron chi connectivity index (χ3n) is 3.83. The van der Waals surface area contributed by atoms with Crippen molar-refractivity contribution in [1.29, 1.82) is 0 Å². The molecule has 0 aliphatic carbocycles. The first kappa shape index (κ1) is 16.1. The number of aromatic nitrogens is 2. The lowest BCUT2D eigenvalue weighted by atomic mass is 10.1. The molecule has 6 heteroatoms. The maximum Gasteiger partial charge on any atom is 0.419 e. The van der Waals surface area contributed by atoms with Crippen LogP contribution in [0.3, 0.4) is 0 Å². The molecule has 0 radical (unpaired) electrons. The van der Waals surface area contributed by atoms with E-state index in [1.54, 1.807) is 63.9 Å². The highest BCUT2D eigenvalue weighted by Gasteiger charge is 2.21. The van der Waals surface area contributed by atoms with Gasteiger partial charge in [-0.2, -0.15) is 0 Å². The average Bonchev–Trinajstić information content (AvgIpc) is 2.95. The van der Waals surface area contributed by atoms with Crippen molar-refractivity contribution in [2.75, 3.05) is 7.11 Å². The van der Waals surface area contributed by atoms with Crippen molar-refractivity contribution in [3.05, 3.63) is 40.8 Å². The summed E-state index contributed by atoms with van der Waals surface area (Å²) in [6.45, 7) is 5.41. The van der Waals surface area contributed by atoms with E-state index < -0.39 is 11.7 Å². The minimum atomic E-state index is -0.624. The van der Waals surface area contributed by atoms with Crippen LogP contribution in [0.4, 0.5) is 4.79 Å². The van der Waals surface area contributed by atoms with Crippen LogP contribution in [0.25, 0.3) is 21.8 Å². The van der Waals surface area contributed by atoms with Crippen molar-refractivity contribution in [3.8, 4) is 5.75 Å². The van der Waals surface area contributed by atoms with E-state index in [1.807, 2.05) is 6.07 Å². The Morgan fingerprint density at radius 2 is 1.83 bits per heavy atom. The van der Waals surface area contributed by atoms with Crippen molar-refractivity contribution in [2.45, 2.75) is 26.4 Å². The van der Waals surface area contributed by atoms with Gasteiger partial charge in [0, 0.05) is 18.6 Å². The van der Waals surface area contributed by atoms with E-state index in [0.717, 1.165) is 10.9 Å². The number of methoxy groups -OCH3 is 1. The van der Waals surface area contributed by atoms with Crippen LogP contribution in [-0.2, 0) is 11.8 Å². The number of carbonyl (C=O) groups is 1. The number of nitrogens with zero attached hydrogens (tertiary/aromatic N) is 2. The molecule has 0 saturated heterocycles. The largest absolute Gasteiger partial charge is 0.497 e. The van der Waals surface area contributed by atoms with Crippen LogP contribution in [0.1, 0.15) is 20.8 Å². The Morgan fingerprint density at radius 1 is 1.12 bits per heavy atom. The van der Waals surface area contributed by atoms with Crippen molar-refractivity contribution >= 4 is 27.9 Å². The zero-order chi connectivity index (χ0) is 17.6. The van der Waals surface area contributed by atoms with Gasteiger partial charge in [0.1, 0.15) is 11.4 Å². The highest BCUT2D eigenvalue weighted by Crippen LogP contribution is 2.27. The Hall–Kier alpha value is -2.76. The fourth-order valence-electron chi connectivity index (χ4n) is 2.76. The fourth-order valence-corrected chi connectivity index (χ4v) is 2.76. The Bertz CT molecular complexity index is 1010. The van der Waals surface area contributed by atoms with Gasteiger partial charge in [-0.05, 0) is 45.0 Å². The van der Waals surface area contributed by atoms with E-state index in [1.165, 1.54) is 4.57 Å². The van der Waals surface area contributed by atoms with E-state index in [-0.39, 0.29) is 5.56 Å². The first-order valence-corrected chi connectivity index (χ1v) is 7.64. The van der Waals surface area contributed by atoms with Gasteiger partial charge in [0.2, 0.25) is 0 Å². The molecule has 2 aromatic heterocycles. The zero-order valence-electron chi connectivity index (χ0n) is 14.4. The van der Waals surface area contributed by atoms with Crippen LogP contribution in [0.2, 0.25) is 0 Å². The third kappa shape index (κ3) is 2.54. The van der Waals surface area contributed by atoms with Crippen LogP contribution in [-0.4, -0.2) is 27.9 Å². The van der Waals surface area contributed by atoms with Gasteiger partial charge in [-0.15, -0.1) is 0 Å². The number of hydrogen-bond donors (Lipinski definition) is 0. The molecule has 0 fully saturated rings. The van der Waals surface area contributed by atoms with E-state index in [9.17, 15) is 9.59 Å². The molecule has 3 aromatic rings. The topological polar surface area (TPSA) is 62.5 Å². The van der Waals surface area contributed by atoms with Gasteiger partial charge in [-0.3, -0.25) is 9.36 Å². The first-order valence-electron chi connectivity index (χ1n) is 7.64. The number of pyridine rings is 1. The lowest BCUT2D eigenvalue weighted by Gasteiger charge is -2.20. The lowest BCUT2D eigenvalue weighted by molar-refractivity contribution is 0.0545. The van der Waals surface area contributed by atoms with Gasteiger partial charge >= 0.3 is 6.09 Å². The maximum absolute atomic E-state index is 12.6. The summed E-state index contributed by atoms with van der Waals surface area (Å²) in [6, 6.07) is 7.05. The molecule has 1 aromatic carbocycles. The van der Waals surface area contributed by atoms with E-state index in [4.69, 9.17) is 9.47 Å². The second-order valence-corrected chi connectivity index (χ2v) is 6.68. The van der Waals surface area contributed by atoms with E-state index >= 15 is 0 Å². The summed E-state index contributed by atoms with van der Waals surface area (Å²) in [6.07, 6.45) is 1.05. The SMILES string of the molecule is COc1ccc2c(c1)c1c(ccn1C(=O)OC(C)(C)C)c(=O)n2C. The molecule has 0 spiro atoms. The van der Waals surface area contributed by atoms with Crippen molar-refractivity contribution in [2.24, 2.45) is 7.05 Å². The highest BCUT2D eigenvalue weighted by molar-refractivity contribution is 6.07. The number of carbonyl (C=O) groups excluding carboxylic acids is 1. The van der Waals surface area contributed by atoms with Gasteiger partial charge in [0.25, 0.3) is 5.56 Å². The van der Waals surface area contributed by atoms with Crippen molar-refractivity contribution in [3.63, 3.8) is 0 Å². The molecule has 6 nitrogen and oxygen atoms in total. The van der Waals surface area contributed by atoms with Gasteiger partial charge < -0.3 is 14.0 Å². The minimum Gasteiger partial charge on any atom is -0.497 e. The molecule has 2 heterocycles. The van der Waals surface area contributed by atoms with Gasteiger partial charge in [0.15, 0.2) is 0 Å². The smallest absolute Gasteiger partial charge is 0.419 e. The second-order valence-electron chi connectivity index (χ2n) is 6.68. The number of hydrogen-bond acceptors (Lipinski definition) is 4. The van der Waals surface area contributed by atoms with Crippen LogP contribution in [0.5, 0.6) is 5.75 Å². The van der Waals surface area contributed by atoms with Crippen LogP contribution >= 0.6 is 0 Å². The molecule has 0 bridgehead atoms. The molecule has 0 amide bonds. The maximum atomic E-state index is 12.6. The summed E-state index contributed by atoms with van der Waals surface area (Å²) >= 11 is 0. The normalized spacial score (nSPS) is 11.9. The lowest BCUT2D eigenvalue weighted by Crippen LogP contribution is -2.27.